The van der Waals surface area contributed by atoms with Gasteiger partial charge in [0.15, 0.2) is 33.6 Å². The second-order valence-corrected chi connectivity index (χ2v) is 15.2. The van der Waals surface area contributed by atoms with Crippen molar-refractivity contribution in [2.75, 3.05) is 31.7 Å². The van der Waals surface area contributed by atoms with Gasteiger partial charge in [0.1, 0.15) is 23.5 Å². The van der Waals surface area contributed by atoms with E-state index in [2.05, 4.69) is 36.1 Å². The van der Waals surface area contributed by atoms with E-state index in [9.17, 15) is 33.0 Å². The number of hydrogen-bond donors (Lipinski definition) is 3. The van der Waals surface area contributed by atoms with Crippen LogP contribution in [0.2, 0.25) is 0 Å². The molecule has 6 heterocycles. The highest BCUT2D eigenvalue weighted by Gasteiger charge is 2.29. The molecule has 3 N–H and O–H groups in total. The van der Waals surface area contributed by atoms with Gasteiger partial charge in [-0.2, -0.15) is 0 Å². The van der Waals surface area contributed by atoms with Gasteiger partial charge in [-0.1, -0.05) is 24.2 Å². The van der Waals surface area contributed by atoms with Crippen LogP contribution in [0.25, 0.3) is 17.0 Å². The van der Waals surface area contributed by atoms with Crippen LogP contribution >= 0.6 is 0 Å². The van der Waals surface area contributed by atoms with Gasteiger partial charge >= 0.3 is 0 Å². The molecule has 310 valence electrons. The van der Waals surface area contributed by atoms with Gasteiger partial charge in [-0.05, 0) is 33.2 Å². The molecule has 6 aromatic rings. The number of furan rings is 1. The van der Waals surface area contributed by atoms with Crippen LogP contribution in [-0.4, -0.2) is 75.3 Å². The largest absolute Gasteiger partial charge is 0.494 e. The van der Waals surface area contributed by atoms with E-state index in [0.29, 0.717) is 42.3 Å². The quantitative estimate of drug-likeness (QED) is 0.100. The molecule has 0 atom stereocenters. The summed E-state index contributed by atoms with van der Waals surface area (Å²) >= 11 is 0. The second-order valence-electron chi connectivity index (χ2n) is 13.0. The van der Waals surface area contributed by atoms with Gasteiger partial charge in [-0.3, -0.25) is 24.3 Å². The molecule has 0 spiro atoms. The minimum absolute atomic E-state index is 0.00399. The molecular weight excluding hydrogens is 791 g/mol. The molecule has 22 heteroatoms. The molecule has 0 bridgehead atoms. The number of carbonyl (C=O) groups is 1. The molecule has 59 heavy (non-hydrogen) atoms. The molecule has 0 fully saturated rings. The standard InChI is InChI=1S/C19H20N6O6S.C18H21N5O4/c1-5-32(29,30)17-11(2)18(27)25(13-6-8-24(4)9-7-13)19(28)16(17)22-21-14-10-15(31-23-14)20-12(3)26;1-4-12-10-15(21-27-12)19-20-17-13(14-6-5-9-26-14)11-16(24)23(18(17)25)8-7-22(2)3/h6-10H,5H2,1-4H3,(H-,20,21,23,26,27,28);5-6,9-11,25H,4,7-8H2,1-3H3/p+1. The monoisotopic (exact) mass is 832 g/mol. The van der Waals surface area contributed by atoms with Gasteiger partial charge in [-0.25, -0.2) is 17.6 Å². The number of azo groups is 2. The number of aromatic hydroxyl groups is 2. The van der Waals surface area contributed by atoms with Crippen LogP contribution < -0.4 is 21.0 Å². The Morgan fingerprint density at radius 1 is 0.949 bits per heavy atom. The predicted molar refractivity (Wildman–Crippen MR) is 211 cm³/mol. The number of carbonyl (C=O) groups excluding carboxylic acids is 1. The van der Waals surface area contributed by atoms with Gasteiger partial charge in [0, 0.05) is 56.3 Å². The Hall–Kier alpha value is -7.07. The number of sulfone groups is 1. The van der Waals surface area contributed by atoms with Crippen LogP contribution in [0.15, 0.2) is 110 Å². The van der Waals surface area contributed by atoms with E-state index < -0.39 is 37.8 Å². The highest BCUT2D eigenvalue weighted by Crippen LogP contribution is 2.38. The lowest BCUT2D eigenvalue weighted by Crippen LogP contribution is -2.28. The first-order valence-corrected chi connectivity index (χ1v) is 19.6. The van der Waals surface area contributed by atoms with Gasteiger partial charge < -0.3 is 28.6 Å². The van der Waals surface area contributed by atoms with Crippen LogP contribution in [0, 0.1) is 6.92 Å². The molecular formula is C37H42N11O10S+. The van der Waals surface area contributed by atoms with E-state index in [1.807, 2.05) is 25.9 Å². The van der Waals surface area contributed by atoms with E-state index >= 15 is 0 Å². The summed E-state index contributed by atoms with van der Waals surface area (Å²) in [4.78, 5) is 38.3. The zero-order valence-electron chi connectivity index (χ0n) is 33.1. The number of anilines is 1. The van der Waals surface area contributed by atoms with Crippen LogP contribution in [0.4, 0.5) is 28.9 Å². The molecule has 1 amide bonds. The first kappa shape index (κ1) is 43.1. The fourth-order valence-electron chi connectivity index (χ4n) is 5.36. The fourth-order valence-corrected chi connectivity index (χ4v) is 6.63. The third-order valence-corrected chi connectivity index (χ3v) is 10.3. The molecule has 0 aliphatic carbocycles. The number of nitrogens with zero attached hydrogens (tertiary/aromatic N) is 10. The number of aromatic nitrogens is 5. The topological polar surface area (TPSA) is 269 Å². The molecule has 0 saturated heterocycles. The Bertz CT molecular complexity index is 2730. The molecule has 0 saturated carbocycles. The van der Waals surface area contributed by atoms with Crippen LogP contribution in [-0.2, 0) is 34.6 Å². The van der Waals surface area contributed by atoms with Crippen molar-refractivity contribution < 1.29 is 41.5 Å². The third-order valence-electron chi connectivity index (χ3n) is 8.43. The van der Waals surface area contributed by atoms with Gasteiger partial charge in [0.25, 0.3) is 11.1 Å². The highest BCUT2D eigenvalue weighted by atomic mass is 32.2. The van der Waals surface area contributed by atoms with E-state index in [4.69, 9.17) is 13.5 Å². The average molecular weight is 833 g/mol. The van der Waals surface area contributed by atoms with Crippen molar-refractivity contribution in [1.29, 1.82) is 0 Å². The second kappa shape index (κ2) is 18.5. The summed E-state index contributed by atoms with van der Waals surface area (Å²) in [7, 11) is 1.59. The Morgan fingerprint density at radius 3 is 2.20 bits per heavy atom. The molecule has 6 aromatic heterocycles. The fraction of sp³-hybridized carbons (Fsp3) is 0.297. The van der Waals surface area contributed by atoms with Crippen LogP contribution in [0.5, 0.6) is 11.8 Å². The van der Waals surface area contributed by atoms with Crippen LogP contribution in [0.3, 0.4) is 0 Å². The summed E-state index contributed by atoms with van der Waals surface area (Å²) in [6, 6.07) is 10.8. The summed E-state index contributed by atoms with van der Waals surface area (Å²) in [5.74, 6) is -0.251. The van der Waals surface area contributed by atoms with Crippen molar-refractivity contribution in [2.45, 2.75) is 45.6 Å². The number of rotatable bonds is 13. The number of pyridine rings is 3. The zero-order valence-corrected chi connectivity index (χ0v) is 34.0. The Morgan fingerprint density at radius 2 is 1.61 bits per heavy atom. The molecule has 0 aliphatic heterocycles. The maximum Gasteiger partial charge on any atom is 0.287 e. The Kier molecular flexibility index (Phi) is 13.5. The van der Waals surface area contributed by atoms with Gasteiger partial charge in [0.2, 0.25) is 35.2 Å². The lowest BCUT2D eigenvalue weighted by molar-refractivity contribution is -0.671. The lowest BCUT2D eigenvalue weighted by Gasteiger charge is -2.15. The van der Waals surface area contributed by atoms with Crippen molar-refractivity contribution in [2.24, 2.45) is 27.5 Å². The first-order valence-electron chi connectivity index (χ1n) is 17.9. The summed E-state index contributed by atoms with van der Waals surface area (Å²) in [6.07, 6.45) is 5.48. The Balaban J connectivity index is 0.000000227. The summed E-state index contributed by atoms with van der Waals surface area (Å²) in [6.45, 7) is 6.88. The van der Waals surface area contributed by atoms with E-state index in [1.54, 1.807) is 54.3 Å². The highest BCUT2D eigenvalue weighted by molar-refractivity contribution is 7.91. The number of hydrogen-bond acceptors (Lipinski definition) is 17. The van der Waals surface area contributed by atoms with Crippen molar-refractivity contribution in [3.63, 3.8) is 0 Å². The van der Waals surface area contributed by atoms with Gasteiger partial charge in [0.05, 0.1) is 29.3 Å². The third kappa shape index (κ3) is 10.1. The SMILES string of the molecule is CCS(=O)(=O)c1c(C)c(O)n(-c2cc[n+](C)cc2)c(=O)c1N=Nc1cc(NC(C)=O)on1.CCc1cc(N=Nc2c(-c3ccco3)cc(=O)n(CCN(C)C)c2O)no1. The molecule has 0 radical (unpaired) electrons. The smallest absolute Gasteiger partial charge is 0.287 e. The van der Waals surface area contributed by atoms with Crippen molar-refractivity contribution in [3.05, 3.63) is 93.2 Å². The van der Waals surface area contributed by atoms with E-state index in [-0.39, 0.29) is 46.0 Å². The number of amides is 1. The maximum absolute atomic E-state index is 13.3. The van der Waals surface area contributed by atoms with Crippen LogP contribution in [0.1, 0.15) is 32.1 Å². The number of aryl methyl sites for hydroxylation is 2. The number of likely N-dealkylation sites (N-methyl/N-ethyl adjacent to an activating group) is 1. The van der Waals surface area contributed by atoms with Crippen molar-refractivity contribution in [1.82, 2.24) is 24.3 Å². The first-order chi connectivity index (χ1) is 28.0. The van der Waals surface area contributed by atoms with Crippen molar-refractivity contribution in [3.8, 4) is 28.8 Å². The minimum Gasteiger partial charge on any atom is -0.494 e. The molecule has 0 aliphatic rings. The number of nitrogens with one attached hydrogen (secondary N) is 1. The average Bonchev–Trinajstić information content (AvgIpc) is 3.99. The molecule has 6 rings (SSSR count). The molecule has 21 nitrogen and oxygen atoms in total. The summed E-state index contributed by atoms with van der Waals surface area (Å²) in [5, 5.41) is 47.0. The summed E-state index contributed by atoms with van der Waals surface area (Å²) < 4.78 is 44.7. The Labute approximate surface area is 336 Å². The summed E-state index contributed by atoms with van der Waals surface area (Å²) in [5.41, 5.74) is -0.985. The van der Waals surface area contributed by atoms with E-state index in [1.165, 1.54) is 43.7 Å². The molecule has 0 unspecified atom stereocenters. The zero-order chi connectivity index (χ0) is 43.0. The normalized spacial score (nSPS) is 11.7. The maximum atomic E-state index is 13.3. The van der Waals surface area contributed by atoms with Crippen molar-refractivity contribution >= 4 is 44.6 Å². The van der Waals surface area contributed by atoms with E-state index in [0.717, 1.165) is 4.57 Å². The lowest BCUT2D eigenvalue weighted by atomic mass is 10.1. The predicted octanol–water partition coefficient (Wildman–Crippen LogP) is 5.17. The minimum atomic E-state index is -3.96. The molecule has 0 aromatic carbocycles. The van der Waals surface area contributed by atoms with Gasteiger partial charge in [-0.15, -0.1) is 20.5 Å².